The van der Waals surface area contributed by atoms with Gasteiger partial charge in [-0.05, 0) is 23.9 Å². The Hall–Kier alpha value is -0.820. The topological polar surface area (TPSA) is 3.24 Å². The third-order valence-corrected chi connectivity index (χ3v) is 3.97. The molecule has 2 rings (SSSR count). The van der Waals surface area contributed by atoms with E-state index in [1.807, 2.05) is 0 Å². The maximum Gasteiger partial charge on any atom is 0.00535 e. The Labute approximate surface area is 99.5 Å². The van der Waals surface area contributed by atoms with Crippen molar-refractivity contribution in [2.75, 3.05) is 19.6 Å². The van der Waals surface area contributed by atoms with Crippen LogP contribution in [-0.2, 0) is 0 Å². The lowest BCUT2D eigenvalue weighted by Crippen LogP contribution is -2.21. The SMILES string of the molecule is CCN1CC(c2ccccc2)C(C(C)C)C1. The lowest BCUT2D eigenvalue weighted by molar-refractivity contribution is 0.315. The summed E-state index contributed by atoms with van der Waals surface area (Å²) >= 11 is 0. The van der Waals surface area contributed by atoms with Gasteiger partial charge in [0.25, 0.3) is 0 Å². The van der Waals surface area contributed by atoms with Crippen molar-refractivity contribution in [3.8, 4) is 0 Å². The molecule has 1 fully saturated rings. The van der Waals surface area contributed by atoms with Crippen molar-refractivity contribution in [2.45, 2.75) is 26.7 Å². The smallest absolute Gasteiger partial charge is 0.00535 e. The lowest BCUT2D eigenvalue weighted by atomic mass is 9.82. The van der Waals surface area contributed by atoms with Gasteiger partial charge in [-0.25, -0.2) is 0 Å². The number of benzene rings is 1. The van der Waals surface area contributed by atoms with Gasteiger partial charge >= 0.3 is 0 Å². The molecule has 0 N–H and O–H groups in total. The first-order valence-corrected chi connectivity index (χ1v) is 6.49. The van der Waals surface area contributed by atoms with E-state index in [0.717, 1.165) is 17.8 Å². The summed E-state index contributed by atoms with van der Waals surface area (Å²) in [6.45, 7) is 10.7. The predicted molar refractivity (Wildman–Crippen MR) is 69.6 cm³/mol. The number of hydrogen-bond donors (Lipinski definition) is 0. The standard InChI is InChI=1S/C15H23N/c1-4-16-10-14(12(2)3)15(11-16)13-8-6-5-7-9-13/h5-9,12,14-15H,4,10-11H2,1-3H3. The summed E-state index contributed by atoms with van der Waals surface area (Å²) < 4.78 is 0. The first-order valence-electron chi connectivity index (χ1n) is 6.49. The van der Waals surface area contributed by atoms with E-state index < -0.39 is 0 Å². The van der Waals surface area contributed by atoms with Gasteiger partial charge in [-0.15, -0.1) is 0 Å². The molecule has 1 heterocycles. The van der Waals surface area contributed by atoms with E-state index in [2.05, 4.69) is 56.0 Å². The van der Waals surface area contributed by atoms with Crippen molar-refractivity contribution in [2.24, 2.45) is 11.8 Å². The molecule has 1 nitrogen and oxygen atoms in total. The molecule has 16 heavy (non-hydrogen) atoms. The highest BCUT2D eigenvalue weighted by atomic mass is 15.1. The van der Waals surface area contributed by atoms with Gasteiger partial charge in [0.2, 0.25) is 0 Å². The largest absolute Gasteiger partial charge is 0.303 e. The zero-order valence-corrected chi connectivity index (χ0v) is 10.7. The van der Waals surface area contributed by atoms with E-state index in [4.69, 9.17) is 0 Å². The summed E-state index contributed by atoms with van der Waals surface area (Å²) in [6.07, 6.45) is 0. The molecular formula is C15H23N. The summed E-state index contributed by atoms with van der Waals surface area (Å²) in [6, 6.07) is 11.0. The van der Waals surface area contributed by atoms with Gasteiger partial charge in [0, 0.05) is 19.0 Å². The minimum Gasteiger partial charge on any atom is -0.303 e. The first kappa shape index (κ1) is 11.7. The van der Waals surface area contributed by atoms with Crippen molar-refractivity contribution in [3.63, 3.8) is 0 Å². The minimum absolute atomic E-state index is 0.737. The highest BCUT2D eigenvalue weighted by Gasteiger charge is 2.34. The highest BCUT2D eigenvalue weighted by molar-refractivity contribution is 5.22. The monoisotopic (exact) mass is 217 g/mol. The molecule has 0 aliphatic carbocycles. The average molecular weight is 217 g/mol. The molecule has 1 aliphatic rings. The fourth-order valence-electron chi connectivity index (χ4n) is 2.90. The van der Waals surface area contributed by atoms with Crippen LogP contribution in [0.4, 0.5) is 0 Å². The molecule has 2 atom stereocenters. The van der Waals surface area contributed by atoms with Crippen molar-refractivity contribution >= 4 is 0 Å². The van der Waals surface area contributed by atoms with E-state index in [9.17, 15) is 0 Å². The Kier molecular flexibility index (Phi) is 3.65. The van der Waals surface area contributed by atoms with Crippen molar-refractivity contribution < 1.29 is 0 Å². The number of likely N-dealkylation sites (N-methyl/N-ethyl adjacent to an activating group) is 1. The molecule has 0 amide bonds. The van der Waals surface area contributed by atoms with Crippen LogP contribution in [-0.4, -0.2) is 24.5 Å². The molecule has 2 unspecified atom stereocenters. The van der Waals surface area contributed by atoms with E-state index in [1.54, 1.807) is 0 Å². The minimum atomic E-state index is 0.737. The summed E-state index contributed by atoms with van der Waals surface area (Å²) in [5.74, 6) is 2.34. The van der Waals surface area contributed by atoms with Gasteiger partial charge in [-0.2, -0.15) is 0 Å². The molecule has 0 spiro atoms. The molecule has 1 aromatic carbocycles. The van der Waals surface area contributed by atoms with Crippen LogP contribution >= 0.6 is 0 Å². The van der Waals surface area contributed by atoms with Crippen LogP contribution in [0.1, 0.15) is 32.3 Å². The molecule has 1 aliphatic heterocycles. The normalized spacial score (nSPS) is 26.5. The third-order valence-electron chi connectivity index (χ3n) is 3.97. The number of rotatable bonds is 3. The molecule has 1 heteroatoms. The highest BCUT2D eigenvalue weighted by Crippen LogP contribution is 2.36. The Morgan fingerprint density at radius 2 is 1.88 bits per heavy atom. The average Bonchev–Trinajstić information content (AvgIpc) is 2.74. The molecule has 1 saturated heterocycles. The van der Waals surface area contributed by atoms with E-state index in [1.165, 1.54) is 25.2 Å². The Morgan fingerprint density at radius 1 is 1.19 bits per heavy atom. The second-order valence-corrected chi connectivity index (χ2v) is 5.28. The van der Waals surface area contributed by atoms with Crippen LogP contribution < -0.4 is 0 Å². The lowest BCUT2D eigenvalue weighted by Gasteiger charge is -2.22. The zero-order valence-electron chi connectivity index (χ0n) is 10.7. The third kappa shape index (κ3) is 2.30. The second-order valence-electron chi connectivity index (χ2n) is 5.28. The summed E-state index contributed by atoms with van der Waals surface area (Å²) in [7, 11) is 0. The second kappa shape index (κ2) is 5.01. The molecule has 0 radical (unpaired) electrons. The van der Waals surface area contributed by atoms with Crippen LogP contribution in [0, 0.1) is 11.8 Å². The summed E-state index contributed by atoms with van der Waals surface area (Å²) in [4.78, 5) is 2.59. The Morgan fingerprint density at radius 3 is 2.44 bits per heavy atom. The molecule has 0 bridgehead atoms. The van der Waals surface area contributed by atoms with Crippen molar-refractivity contribution in [3.05, 3.63) is 35.9 Å². The Balaban J connectivity index is 2.19. The van der Waals surface area contributed by atoms with E-state index >= 15 is 0 Å². The molecule has 0 aromatic heterocycles. The van der Waals surface area contributed by atoms with Crippen LogP contribution in [0.2, 0.25) is 0 Å². The van der Waals surface area contributed by atoms with Crippen LogP contribution in [0.5, 0.6) is 0 Å². The molecule has 1 aromatic rings. The fourth-order valence-corrected chi connectivity index (χ4v) is 2.90. The van der Waals surface area contributed by atoms with Gasteiger partial charge in [0.15, 0.2) is 0 Å². The summed E-state index contributed by atoms with van der Waals surface area (Å²) in [5.41, 5.74) is 1.53. The quantitative estimate of drug-likeness (QED) is 0.750. The van der Waals surface area contributed by atoms with Crippen molar-refractivity contribution in [1.29, 1.82) is 0 Å². The Bertz CT molecular complexity index is 317. The molecular weight excluding hydrogens is 194 g/mol. The number of likely N-dealkylation sites (tertiary alicyclic amines) is 1. The van der Waals surface area contributed by atoms with Crippen molar-refractivity contribution in [1.82, 2.24) is 4.90 Å². The number of nitrogens with zero attached hydrogens (tertiary/aromatic N) is 1. The predicted octanol–water partition coefficient (Wildman–Crippen LogP) is 3.38. The van der Waals surface area contributed by atoms with Crippen LogP contribution in [0.25, 0.3) is 0 Å². The van der Waals surface area contributed by atoms with E-state index in [-0.39, 0.29) is 0 Å². The van der Waals surface area contributed by atoms with Crippen LogP contribution in [0.15, 0.2) is 30.3 Å². The van der Waals surface area contributed by atoms with Gasteiger partial charge in [0.1, 0.15) is 0 Å². The van der Waals surface area contributed by atoms with Gasteiger partial charge in [-0.3, -0.25) is 0 Å². The van der Waals surface area contributed by atoms with Gasteiger partial charge < -0.3 is 4.90 Å². The molecule has 88 valence electrons. The van der Waals surface area contributed by atoms with Gasteiger partial charge in [-0.1, -0.05) is 51.1 Å². The van der Waals surface area contributed by atoms with E-state index in [0.29, 0.717) is 0 Å². The van der Waals surface area contributed by atoms with Gasteiger partial charge in [0.05, 0.1) is 0 Å². The van der Waals surface area contributed by atoms with Crippen LogP contribution in [0.3, 0.4) is 0 Å². The maximum absolute atomic E-state index is 2.59. The zero-order chi connectivity index (χ0) is 11.5. The fraction of sp³-hybridized carbons (Fsp3) is 0.600. The maximum atomic E-state index is 2.59. The summed E-state index contributed by atoms with van der Waals surface area (Å²) in [5, 5.41) is 0. The molecule has 0 saturated carbocycles. The number of hydrogen-bond acceptors (Lipinski definition) is 1. The first-order chi connectivity index (χ1) is 7.72.